The molecule has 0 aliphatic heterocycles. The van der Waals surface area contributed by atoms with Gasteiger partial charge < -0.3 is 5.11 Å². The summed E-state index contributed by atoms with van der Waals surface area (Å²) in [5, 5.41) is 14.3. The second-order valence-corrected chi connectivity index (χ2v) is 7.81. The Kier molecular flexibility index (Phi) is 4.66. The van der Waals surface area contributed by atoms with Crippen LogP contribution in [0.3, 0.4) is 0 Å². The van der Waals surface area contributed by atoms with Crippen LogP contribution >= 0.6 is 11.3 Å². The molecule has 0 bridgehead atoms. The topological polar surface area (TPSA) is 55.1 Å². The van der Waals surface area contributed by atoms with E-state index in [1.807, 2.05) is 24.3 Å². The van der Waals surface area contributed by atoms with E-state index in [-0.39, 0.29) is 5.69 Å². The molecule has 0 fully saturated rings. The number of benzene rings is 2. The van der Waals surface area contributed by atoms with Gasteiger partial charge in [-0.05, 0) is 42.1 Å². The van der Waals surface area contributed by atoms with E-state index in [0.717, 1.165) is 26.7 Å². The Bertz CT molecular complexity index is 1220. The van der Waals surface area contributed by atoms with Crippen LogP contribution in [-0.2, 0) is 12.6 Å². The lowest BCUT2D eigenvalue weighted by atomic mass is 10.1. The molecule has 0 saturated carbocycles. The fourth-order valence-electron chi connectivity index (χ4n) is 3.24. The first kappa shape index (κ1) is 19.2. The maximum absolute atomic E-state index is 13.0. The first-order valence-electron chi connectivity index (χ1n) is 8.70. The van der Waals surface area contributed by atoms with Crippen molar-refractivity contribution in [2.45, 2.75) is 19.5 Å². The van der Waals surface area contributed by atoms with Crippen LogP contribution < -0.4 is 0 Å². The SMILES string of the molecule is Cc1cc(C(=O)O)nn1-c1cccc2cc(Cc3cccc(C(F)(F)F)c3)sc12. The van der Waals surface area contributed by atoms with Crippen molar-refractivity contribution in [3.05, 3.63) is 82.0 Å². The van der Waals surface area contributed by atoms with Gasteiger partial charge in [-0.15, -0.1) is 11.3 Å². The number of alkyl halides is 3. The molecule has 0 amide bonds. The monoisotopic (exact) mass is 416 g/mol. The van der Waals surface area contributed by atoms with Crippen molar-refractivity contribution in [1.29, 1.82) is 0 Å². The van der Waals surface area contributed by atoms with Crippen molar-refractivity contribution in [2.75, 3.05) is 0 Å². The minimum atomic E-state index is -4.37. The third-order valence-electron chi connectivity index (χ3n) is 4.54. The summed E-state index contributed by atoms with van der Waals surface area (Å²) < 4.78 is 41.4. The summed E-state index contributed by atoms with van der Waals surface area (Å²) in [5.41, 5.74) is 1.30. The van der Waals surface area contributed by atoms with E-state index >= 15 is 0 Å². The van der Waals surface area contributed by atoms with Gasteiger partial charge in [-0.2, -0.15) is 18.3 Å². The van der Waals surface area contributed by atoms with E-state index in [0.29, 0.717) is 17.7 Å². The quantitative estimate of drug-likeness (QED) is 0.464. The molecule has 2 aromatic carbocycles. The highest BCUT2D eigenvalue weighted by Crippen LogP contribution is 2.34. The highest BCUT2D eigenvalue weighted by molar-refractivity contribution is 7.19. The van der Waals surface area contributed by atoms with E-state index in [9.17, 15) is 23.1 Å². The molecular weight excluding hydrogens is 401 g/mol. The number of aromatic carboxylic acids is 1. The van der Waals surface area contributed by atoms with Crippen LogP contribution in [0.25, 0.3) is 15.8 Å². The molecule has 2 aromatic heterocycles. The number of carboxylic acid groups (broad SMARTS) is 1. The van der Waals surface area contributed by atoms with E-state index in [1.54, 1.807) is 17.7 Å². The molecule has 4 nitrogen and oxygen atoms in total. The summed E-state index contributed by atoms with van der Waals surface area (Å²) in [5.74, 6) is -1.10. The molecule has 0 unspecified atom stereocenters. The Morgan fingerprint density at radius 2 is 1.90 bits per heavy atom. The average Bonchev–Trinajstić information content (AvgIpc) is 3.24. The maximum atomic E-state index is 13.0. The zero-order chi connectivity index (χ0) is 20.8. The molecule has 2 heterocycles. The molecule has 4 rings (SSSR count). The first-order valence-corrected chi connectivity index (χ1v) is 9.52. The van der Waals surface area contributed by atoms with Gasteiger partial charge in [0.2, 0.25) is 0 Å². The number of hydrogen-bond acceptors (Lipinski definition) is 3. The number of carbonyl (C=O) groups is 1. The predicted octanol–water partition coefficient (Wildman–Crippen LogP) is 5.70. The molecule has 0 spiro atoms. The Labute approximate surface area is 167 Å². The molecule has 4 aromatic rings. The summed E-state index contributed by atoms with van der Waals surface area (Å²) >= 11 is 1.46. The van der Waals surface area contributed by atoms with Crippen LogP contribution in [0.4, 0.5) is 13.2 Å². The number of aromatic nitrogens is 2. The van der Waals surface area contributed by atoms with Crippen molar-refractivity contribution in [3.8, 4) is 5.69 Å². The summed E-state index contributed by atoms with van der Waals surface area (Å²) in [6, 6.07) is 14.4. The number of carboxylic acids is 1. The van der Waals surface area contributed by atoms with E-state index < -0.39 is 17.7 Å². The van der Waals surface area contributed by atoms with E-state index in [4.69, 9.17) is 0 Å². The van der Waals surface area contributed by atoms with Crippen LogP contribution in [0.2, 0.25) is 0 Å². The van der Waals surface area contributed by atoms with Crippen LogP contribution in [0.1, 0.15) is 32.2 Å². The summed E-state index contributed by atoms with van der Waals surface area (Å²) in [4.78, 5) is 12.1. The van der Waals surface area contributed by atoms with Crippen LogP contribution in [-0.4, -0.2) is 20.9 Å². The standard InChI is InChI=1S/C21H15F3N2O2S/c1-12-8-17(20(27)28)25-26(12)18-7-3-5-14-11-16(29-19(14)18)10-13-4-2-6-15(9-13)21(22,23)24/h2-9,11H,10H2,1H3,(H,27,28). The number of nitrogens with zero attached hydrogens (tertiary/aromatic N) is 2. The van der Waals surface area contributed by atoms with Crippen molar-refractivity contribution < 1.29 is 23.1 Å². The zero-order valence-corrected chi connectivity index (χ0v) is 16.0. The number of thiophene rings is 1. The van der Waals surface area contributed by atoms with Gasteiger partial charge in [0.15, 0.2) is 5.69 Å². The molecule has 0 radical (unpaired) electrons. The summed E-state index contributed by atoms with van der Waals surface area (Å²) in [6.45, 7) is 1.77. The molecular formula is C21H15F3N2O2S. The Balaban J connectivity index is 1.73. The highest BCUT2D eigenvalue weighted by atomic mass is 32.1. The first-order chi connectivity index (χ1) is 13.7. The highest BCUT2D eigenvalue weighted by Gasteiger charge is 2.30. The maximum Gasteiger partial charge on any atom is 0.416 e. The minimum Gasteiger partial charge on any atom is -0.476 e. The summed E-state index contributed by atoms with van der Waals surface area (Å²) in [6.07, 6.45) is -4.00. The lowest BCUT2D eigenvalue weighted by molar-refractivity contribution is -0.137. The number of rotatable bonds is 4. The van der Waals surface area contributed by atoms with Crippen molar-refractivity contribution in [2.24, 2.45) is 0 Å². The van der Waals surface area contributed by atoms with Gasteiger partial charge >= 0.3 is 12.1 Å². The number of fused-ring (bicyclic) bond motifs is 1. The molecule has 148 valence electrons. The Morgan fingerprint density at radius 3 is 2.59 bits per heavy atom. The molecule has 1 N–H and O–H groups in total. The number of halogens is 3. The normalized spacial score (nSPS) is 11.9. The van der Waals surface area contributed by atoms with Crippen LogP contribution in [0.15, 0.2) is 54.6 Å². The molecule has 8 heteroatoms. The van der Waals surface area contributed by atoms with Gasteiger partial charge in [0.1, 0.15) is 0 Å². The summed E-state index contributed by atoms with van der Waals surface area (Å²) in [7, 11) is 0. The van der Waals surface area contributed by atoms with Crippen LogP contribution in [0.5, 0.6) is 0 Å². The van der Waals surface area contributed by atoms with Crippen molar-refractivity contribution in [3.63, 3.8) is 0 Å². The molecule has 0 aliphatic rings. The van der Waals surface area contributed by atoms with Crippen molar-refractivity contribution in [1.82, 2.24) is 9.78 Å². The number of aryl methyl sites for hydroxylation is 1. The molecule has 0 saturated heterocycles. The molecule has 29 heavy (non-hydrogen) atoms. The molecule has 0 aliphatic carbocycles. The van der Waals surface area contributed by atoms with E-state index in [1.165, 1.54) is 29.5 Å². The van der Waals surface area contributed by atoms with E-state index in [2.05, 4.69) is 5.10 Å². The number of hydrogen-bond donors (Lipinski definition) is 1. The fourth-order valence-corrected chi connectivity index (χ4v) is 4.43. The smallest absolute Gasteiger partial charge is 0.416 e. The van der Waals surface area contributed by atoms with Gasteiger partial charge in [-0.25, -0.2) is 9.48 Å². The third-order valence-corrected chi connectivity index (χ3v) is 5.72. The fraction of sp³-hybridized carbons (Fsp3) is 0.143. The minimum absolute atomic E-state index is 0.0414. The largest absolute Gasteiger partial charge is 0.476 e. The zero-order valence-electron chi connectivity index (χ0n) is 15.2. The molecule has 0 atom stereocenters. The second-order valence-electron chi connectivity index (χ2n) is 6.67. The Hall–Kier alpha value is -3.13. The second kappa shape index (κ2) is 7.04. The average molecular weight is 416 g/mol. The van der Waals surface area contributed by atoms with Gasteiger partial charge in [-0.1, -0.05) is 30.3 Å². The van der Waals surface area contributed by atoms with Crippen LogP contribution in [0, 0.1) is 6.92 Å². The van der Waals surface area contributed by atoms with Gasteiger partial charge in [0.05, 0.1) is 16.0 Å². The predicted molar refractivity (Wildman–Crippen MR) is 105 cm³/mol. The van der Waals surface area contributed by atoms with Gasteiger partial charge in [-0.3, -0.25) is 0 Å². The van der Waals surface area contributed by atoms with Crippen molar-refractivity contribution >= 4 is 27.4 Å². The Morgan fingerprint density at radius 1 is 1.14 bits per heavy atom. The lowest BCUT2D eigenvalue weighted by Gasteiger charge is -2.08. The lowest BCUT2D eigenvalue weighted by Crippen LogP contribution is -2.05. The van der Waals surface area contributed by atoms with Gasteiger partial charge in [0.25, 0.3) is 0 Å². The van der Waals surface area contributed by atoms with Gasteiger partial charge in [0, 0.05) is 17.0 Å². The third kappa shape index (κ3) is 3.75.